The summed E-state index contributed by atoms with van der Waals surface area (Å²) in [6.45, 7) is 0.233. The first-order valence-electron chi connectivity index (χ1n) is 7.08. The first-order chi connectivity index (χ1) is 11.6. The number of hydrazone groups is 1. The molecule has 0 atom stereocenters. The Morgan fingerprint density at radius 1 is 1.08 bits per heavy atom. The van der Waals surface area contributed by atoms with Crippen LogP contribution >= 0.6 is 11.6 Å². The summed E-state index contributed by atoms with van der Waals surface area (Å²) >= 11 is 5.77. The molecule has 124 valence electrons. The number of amides is 2. The Kier molecular flexibility index (Phi) is 6.33. The van der Waals surface area contributed by atoms with Gasteiger partial charge in [-0.3, -0.25) is 9.59 Å². The zero-order valence-corrected chi connectivity index (χ0v) is 13.7. The van der Waals surface area contributed by atoms with Gasteiger partial charge in [-0.2, -0.15) is 5.10 Å². The van der Waals surface area contributed by atoms with Crippen molar-refractivity contribution in [2.24, 2.45) is 5.10 Å². The Bertz CT molecular complexity index is 728. The quantitative estimate of drug-likeness (QED) is 0.495. The monoisotopic (exact) mass is 345 g/mol. The minimum Gasteiger partial charge on any atom is -0.497 e. The van der Waals surface area contributed by atoms with Crippen LogP contribution in [0, 0.1) is 0 Å². The van der Waals surface area contributed by atoms with E-state index in [9.17, 15) is 9.59 Å². The average Bonchev–Trinajstić information content (AvgIpc) is 2.61. The Balaban J connectivity index is 1.79. The Labute approximate surface area is 144 Å². The highest BCUT2D eigenvalue weighted by Crippen LogP contribution is 2.10. The molecule has 2 N–H and O–H groups in total. The van der Waals surface area contributed by atoms with Crippen molar-refractivity contribution in [3.63, 3.8) is 0 Å². The molecule has 0 radical (unpaired) electrons. The number of nitrogens with one attached hydrogen (secondary N) is 2. The topological polar surface area (TPSA) is 79.8 Å². The summed E-state index contributed by atoms with van der Waals surface area (Å²) in [7, 11) is 1.58. The summed E-state index contributed by atoms with van der Waals surface area (Å²) in [4.78, 5) is 23.3. The third-order valence-corrected chi connectivity index (χ3v) is 3.32. The number of hydrogen-bond acceptors (Lipinski definition) is 4. The maximum Gasteiger partial charge on any atom is 0.329 e. The molecule has 2 aromatic rings. The van der Waals surface area contributed by atoms with Crippen molar-refractivity contribution in [2.75, 3.05) is 7.11 Å². The fourth-order valence-corrected chi connectivity index (χ4v) is 1.90. The molecule has 0 saturated heterocycles. The van der Waals surface area contributed by atoms with Gasteiger partial charge in [0, 0.05) is 11.6 Å². The van der Waals surface area contributed by atoms with E-state index in [4.69, 9.17) is 16.3 Å². The van der Waals surface area contributed by atoms with Gasteiger partial charge in [-0.25, -0.2) is 5.43 Å². The molecule has 7 heteroatoms. The van der Waals surface area contributed by atoms with Crippen LogP contribution in [0.5, 0.6) is 5.75 Å². The molecule has 0 unspecified atom stereocenters. The van der Waals surface area contributed by atoms with Crippen molar-refractivity contribution in [3.05, 3.63) is 64.7 Å². The number of carbonyl (C=O) groups is 2. The van der Waals surface area contributed by atoms with Crippen molar-refractivity contribution in [3.8, 4) is 5.75 Å². The highest BCUT2D eigenvalue weighted by molar-refractivity contribution is 6.35. The van der Waals surface area contributed by atoms with Gasteiger partial charge < -0.3 is 10.1 Å². The predicted octanol–water partition coefficient (Wildman–Crippen LogP) is 2.12. The first kappa shape index (κ1) is 17.5. The molecule has 2 amide bonds. The largest absolute Gasteiger partial charge is 0.497 e. The molecule has 2 rings (SSSR count). The molecule has 0 aliphatic heterocycles. The summed E-state index contributed by atoms with van der Waals surface area (Å²) < 4.78 is 5.05. The predicted molar refractivity (Wildman–Crippen MR) is 92.0 cm³/mol. The summed E-state index contributed by atoms with van der Waals surface area (Å²) in [5.74, 6) is -0.882. The van der Waals surface area contributed by atoms with E-state index in [0.717, 1.165) is 16.9 Å². The maximum absolute atomic E-state index is 11.7. The van der Waals surface area contributed by atoms with Gasteiger partial charge >= 0.3 is 11.8 Å². The van der Waals surface area contributed by atoms with Crippen molar-refractivity contribution < 1.29 is 14.3 Å². The molecule has 0 saturated carbocycles. The van der Waals surface area contributed by atoms with Gasteiger partial charge in [-0.1, -0.05) is 35.9 Å². The van der Waals surface area contributed by atoms with Crippen LogP contribution in [-0.4, -0.2) is 25.1 Å². The van der Waals surface area contributed by atoms with Crippen LogP contribution < -0.4 is 15.5 Å². The van der Waals surface area contributed by atoms with Gasteiger partial charge in [0.05, 0.1) is 13.3 Å². The number of rotatable bonds is 5. The zero-order valence-electron chi connectivity index (χ0n) is 13.0. The lowest BCUT2D eigenvalue weighted by Crippen LogP contribution is -2.37. The van der Waals surface area contributed by atoms with Crippen LogP contribution in [0.25, 0.3) is 0 Å². The van der Waals surface area contributed by atoms with Crippen LogP contribution in [0.2, 0.25) is 5.02 Å². The van der Waals surface area contributed by atoms with Gasteiger partial charge in [0.1, 0.15) is 5.75 Å². The molecule has 0 fully saturated rings. The van der Waals surface area contributed by atoms with Gasteiger partial charge in [-0.15, -0.1) is 0 Å². The third kappa shape index (κ3) is 5.40. The lowest BCUT2D eigenvalue weighted by atomic mass is 10.2. The number of carbonyl (C=O) groups excluding carboxylic acids is 2. The number of methoxy groups -OCH3 is 1. The first-order valence-corrected chi connectivity index (χ1v) is 7.46. The number of ether oxygens (including phenoxy) is 1. The lowest BCUT2D eigenvalue weighted by Gasteiger charge is -2.05. The number of halogens is 1. The van der Waals surface area contributed by atoms with E-state index in [0.29, 0.717) is 5.02 Å². The second-order valence-corrected chi connectivity index (χ2v) is 5.22. The molecule has 6 nitrogen and oxygen atoms in total. The average molecular weight is 346 g/mol. The molecule has 0 aromatic heterocycles. The van der Waals surface area contributed by atoms with E-state index in [1.165, 1.54) is 6.21 Å². The van der Waals surface area contributed by atoms with Crippen LogP contribution in [0.3, 0.4) is 0 Å². The van der Waals surface area contributed by atoms with E-state index in [-0.39, 0.29) is 6.54 Å². The van der Waals surface area contributed by atoms with Crippen LogP contribution in [0.4, 0.5) is 0 Å². The summed E-state index contributed by atoms with van der Waals surface area (Å²) in [5, 5.41) is 6.84. The highest BCUT2D eigenvalue weighted by atomic mass is 35.5. The van der Waals surface area contributed by atoms with Gasteiger partial charge in [-0.05, 0) is 35.4 Å². The fourth-order valence-electron chi connectivity index (χ4n) is 1.77. The fraction of sp³-hybridized carbons (Fsp3) is 0.118. The van der Waals surface area contributed by atoms with Crippen molar-refractivity contribution in [1.82, 2.24) is 10.7 Å². The molecular formula is C17H16ClN3O3. The van der Waals surface area contributed by atoms with Gasteiger partial charge in [0.25, 0.3) is 0 Å². The van der Waals surface area contributed by atoms with E-state index in [1.807, 2.05) is 0 Å². The van der Waals surface area contributed by atoms with E-state index < -0.39 is 11.8 Å². The van der Waals surface area contributed by atoms with Gasteiger partial charge in [0.15, 0.2) is 0 Å². The highest BCUT2D eigenvalue weighted by Gasteiger charge is 2.11. The standard InChI is InChI=1S/C17H16ClN3O3/c1-24-15-8-4-12(5-9-15)10-19-16(22)17(23)21-20-11-13-2-6-14(18)7-3-13/h2-9,11H,10H2,1H3,(H,19,22)(H,21,23)/b20-11+. The van der Waals surface area contributed by atoms with E-state index in [2.05, 4.69) is 15.8 Å². The minimum atomic E-state index is -0.839. The normalized spacial score (nSPS) is 10.4. The SMILES string of the molecule is COc1ccc(CNC(=O)C(=O)N/N=C/c2ccc(Cl)cc2)cc1. The Morgan fingerprint density at radius 3 is 2.38 bits per heavy atom. The number of nitrogens with zero attached hydrogens (tertiary/aromatic N) is 1. The van der Waals surface area contributed by atoms with Crippen LogP contribution in [0.15, 0.2) is 53.6 Å². The van der Waals surface area contributed by atoms with Crippen LogP contribution in [0.1, 0.15) is 11.1 Å². The van der Waals surface area contributed by atoms with Crippen molar-refractivity contribution >= 4 is 29.6 Å². The summed E-state index contributed by atoms with van der Waals surface area (Å²) in [6.07, 6.45) is 1.42. The molecule has 0 aliphatic rings. The Morgan fingerprint density at radius 2 is 1.75 bits per heavy atom. The number of benzene rings is 2. The molecule has 2 aromatic carbocycles. The summed E-state index contributed by atoms with van der Waals surface area (Å²) in [6, 6.07) is 14.0. The third-order valence-electron chi connectivity index (χ3n) is 3.07. The van der Waals surface area contributed by atoms with Gasteiger partial charge in [0.2, 0.25) is 0 Å². The second kappa shape index (κ2) is 8.69. The van der Waals surface area contributed by atoms with E-state index >= 15 is 0 Å². The molecule has 0 bridgehead atoms. The number of hydrogen-bond donors (Lipinski definition) is 2. The smallest absolute Gasteiger partial charge is 0.329 e. The molecule has 0 heterocycles. The summed E-state index contributed by atoms with van der Waals surface area (Å²) in [5.41, 5.74) is 3.76. The maximum atomic E-state index is 11.7. The minimum absolute atomic E-state index is 0.233. The molecule has 0 aliphatic carbocycles. The van der Waals surface area contributed by atoms with Crippen molar-refractivity contribution in [1.29, 1.82) is 0 Å². The lowest BCUT2D eigenvalue weighted by molar-refractivity contribution is -0.139. The second-order valence-electron chi connectivity index (χ2n) is 4.78. The Hall–Kier alpha value is -2.86. The molecule has 24 heavy (non-hydrogen) atoms. The zero-order chi connectivity index (χ0) is 17.4. The van der Waals surface area contributed by atoms with Crippen molar-refractivity contribution in [2.45, 2.75) is 6.54 Å². The molecule has 0 spiro atoms. The van der Waals surface area contributed by atoms with E-state index in [1.54, 1.807) is 55.6 Å². The molecular weight excluding hydrogens is 330 g/mol. The van der Waals surface area contributed by atoms with Crippen LogP contribution in [-0.2, 0) is 16.1 Å².